The monoisotopic (exact) mass is 75.0 g/mol. The predicted molar refractivity (Wildman–Crippen MR) is 11.6 cm³/mol. The molecule has 0 saturated carbocycles. The van der Waals surface area contributed by atoms with E-state index in [0.717, 1.165) is 0 Å². The van der Waals surface area contributed by atoms with Crippen LogP contribution in [0.2, 0.25) is 0 Å². The van der Waals surface area contributed by atoms with Crippen molar-refractivity contribution in [3.05, 3.63) is 10.6 Å². The summed E-state index contributed by atoms with van der Waals surface area (Å²) in [7, 11) is 0. The number of nitrogens with one attached hydrogen (secondary N) is 1. The van der Waals surface area contributed by atoms with Gasteiger partial charge in [0.2, 0.25) is 0 Å². The van der Waals surface area contributed by atoms with Gasteiger partial charge in [-0.05, 0) is 0 Å². The highest BCUT2D eigenvalue weighted by Crippen LogP contribution is 1.54. The first-order valence-electron chi connectivity index (χ1n) is 1.02. The van der Waals surface area contributed by atoms with Crippen LogP contribution in [-0.4, -0.2) is 5.33 Å². The van der Waals surface area contributed by atoms with Crippen molar-refractivity contribution in [2.24, 2.45) is 0 Å². The van der Waals surface area contributed by atoms with Crippen molar-refractivity contribution in [1.29, 1.82) is 0 Å². The summed E-state index contributed by atoms with van der Waals surface area (Å²) < 4.78 is 7.64. The smallest absolute Gasteiger partial charge is 0.275 e. The van der Waals surface area contributed by atoms with Gasteiger partial charge in [-0.1, -0.05) is 5.33 Å². The SMILES string of the molecule is O=c1o[nH]o1. The second kappa shape index (κ2) is 0.512. The first-order valence-corrected chi connectivity index (χ1v) is 1.02. The lowest BCUT2D eigenvalue weighted by Gasteiger charge is -1.74. The number of aromatic amines is 1. The molecule has 4 heteroatoms. The molecule has 1 aromatic heterocycles. The Labute approximate surface area is 26.3 Å². The average Bonchev–Trinajstić information content (AvgIpc) is 1.30. The van der Waals surface area contributed by atoms with Crippen molar-refractivity contribution < 1.29 is 9.05 Å². The molecule has 1 N–H and O–H groups in total. The summed E-state index contributed by atoms with van der Waals surface area (Å²) in [6.45, 7) is 0. The number of rotatable bonds is 0. The van der Waals surface area contributed by atoms with Crippen LogP contribution >= 0.6 is 0 Å². The second-order valence-electron chi connectivity index (χ2n) is 0.537. The highest BCUT2D eigenvalue weighted by molar-refractivity contribution is 4.17. The number of hydrogen-bond donors (Lipinski definition) is 1. The van der Waals surface area contributed by atoms with E-state index < -0.39 is 5.82 Å². The van der Waals surface area contributed by atoms with E-state index in [2.05, 4.69) is 9.05 Å². The molecular formula is CHNO3. The minimum Gasteiger partial charge on any atom is -0.275 e. The van der Waals surface area contributed by atoms with Crippen molar-refractivity contribution >= 4 is 0 Å². The van der Waals surface area contributed by atoms with Gasteiger partial charge >= 0.3 is 5.82 Å². The summed E-state index contributed by atoms with van der Waals surface area (Å²) in [4.78, 5) is 9.39. The molecule has 0 spiro atoms. The Morgan fingerprint density at radius 3 is 2.00 bits per heavy atom. The van der Waals surface area contributed by atoms with E-state index in [1.165, 1.54) is 0 Å². The highest BCUT2D eigenvalue weighted by Gasteiger charge is 1.80. The average molecular weight is 75.0 g/mol. The molecule has 0 atom stereocenters. The summed E-state index contributed by atoms with van der Waals surface area (Å²) >= 11 is 0. The Kier molecular flexibility index (Phi) is 0.237. The van der Waals surface area contributed by atoms with Crippen LogP contribution in [0.25, 0.3) is 0 Å². The maximum Gasteiger partial charge on any atom is 0.563 e. The molecule has 0 aliphatic heterocycles. The molecular weight excluding hydrogens is 74.0 g/mol. The van der Waals surface area contributed by atoms with E-state index in [0.29, 0.717) is 0 Å². The van der Waals surface area contributed by atoms with Gasteiger partial charge in [-0.15, -0.1) is 0 Å². The third-order valence-corrected chi connectivity index (χ3v) is 0.250. The molecule has 0 radical (unpaired) electrons. The first kappa shape index (κ1) is 2.32. The summed E-state index contributed by atoms with van der Waals surface area (Å²) in [6.07, 6.45) is 0. The lowest BCUT2D eigenvalue weighted by atomic mass is 11.6. The number of H-pyrrole nitrogens is 1. The fourth-order valence-corrected chi connectivity index (χ4v) is 0.0757. The van der Waals surface area contributed by atoms with E-state index in [1.54, 1.807) is 0 Å². The van der Waals surface area contributed by atoms with Gasteiger partial charge in [-0.25, -0.2) is 0 Å². The summed E-state index contributed by atoms with van der Waals surface area (Å²) in [5.41, 5.74) is 0. The van der Waals surface area contributed by atoms with Gasteiger partial charge in [0, 0.05) is 0 Å². The predicted octanol–water partition coefficient (Wildman–Crippen LogP) is -0.439. The van der Waals surface area contributed by atoms with E-state index in [9.17, 15) is 4.79 Å². The molecule has 0 amide bonds. The van der Waals surface area contributed by atoms with Crippen molar-refractivity contribution in [2.45, 2.75) is 0 Å². The van der Waals surface area contributed by atoms with E-state index in [4.69, 9.17) is 0 Å². The van der Waals surface area contributed by atoms with Gasteiger partial charge in [0.05, 0.1) is 0 Å². The number of aromatic nitrogens is 1. The van der Waals surface area contributed by atoms with Gasteiger partial charge in [0.15, 0.2) is 0 Å². The van der Waals surface area contributed by atoms with Crippen LogP contribution in [-0.2, 0) is 0 Å². The van der Waals surface area contributed by atoms with Crippen LogP contribution in [0.1, 0.15) is 0 Å². The standard InChI is InChI=1S/CHNO3/c3-1-4-2-5-1/h2H. The third-order valence-electron chi connectivity index (χ3n) is 0.250. The van der Waals surface area contributed by atoms with Crippen LogP contribution < -0.4 is 5.82 Å². The van der Waals surface area contributed by atoms with Crippen molar-refractivity contribution in [2.75, 3.05) is 0 Å². The minimum absolute atomic E-state index is 0.676. The van der Waals surface area contributed by atoms with Crippen LogP contribution in [0.15, 0.2) is 13.8 Å². The summed E-state index contributed by atoms with van der Waals surface area (Å²) in [6, 6.07) is 0. The maximum atomic E-state index is 9.39. The molecule has 0 aliphatic carbocycles. The Hall–Kier alpha value is -0.930. The van der Waals surface area contributed by atoms with Crippen LogP contribution in [0, 0.1) is 0 Å². The zero-order chi connectivity index (χ0) is 3.70. The van der Waals surface area contributed by atoms with Crippen LogP contribution in [0.4, 0.5) is 0 Å². The molecule has 0 aromatic carbocycles. The Bertz CT molecular complexity index is 121. The van der Waals surface area contributed by atoms with E-state index >= 15 is 0 Å². The van der Waals surface area contributed by atoms with Crippen LogP contribution in [0.5, 0.6) is 0 Å². The number of hydrogen-bond acceptors (Lipinski definition) is 3. The highest BCUT2D eigenvalue weighted by atomic mass is 16.8. The largest absolute Gasteiger partial charge is 0.563 e. The lowest BCUT2D eigenvalue weighted by molar-refractivity contribution is 0.0195. The molecule has 0 aliphatic rings. The van der Waals surface area contributed by atoms with E-state index in [1.807, 2.05) is 5.33 Å². The summed E-state index contributed by atoms with van der Waals surface area (Å²) in [5.74, 6) is -0.676. The fraction of sp³-hybridized carbons (Fsp3) is 0. The molecule has 1 rings (SSSR count). The molecule has 5 heavy (non-hydrogen) atoms. The minimum atomic E-state index is -0.676. The first-order chi connectivity index (χ1) is 2.39. The molecule has 28 valence electrons. The van der Waals surface area contributed by atoms with Gasteiger partial charge in [-0.3, -0.25) is 9.05 Å². The molecule has 0 saturated heterocycles. The molecule has 1 heterocycles. The zero-order valence-corrected chi connectivity index (χ0v) is 2.22. The van der Waals surface area contributed by atoms with Crippen LogP contribution in [0.3, 0.4) is 0 Å². The topological polar surface area (TPSA) is 59.1 Å². The molecule has 0 fully saturated rings. The van der Waals surface area contributed by atoms with Gasteiger partial charge in [-0.2, -0.15) is 4.79 Å². The normalized spacial score (nSPS) is 8.80. The van der Waals surface area contributed by atoms with Gasteiger partial charge < -0.3 is 0 Å². The summed E-state index contributed by atoms with van der Waals surface area (Å²) in [5, 5.41) is 1.81. The quantitative estimate of drug-likeness (QED) is 0.454. The Morgan fingerprint density at radius 2 is 2.00 bits per heavy atom. The second-order valence-corrected chi connectivity index (χ2v) is 0.537. The molecule has 0 unspecified atom stereocenters. The van der Waals surface area contributed by atoms with Crippen molar-refractivity contribution in [3.8, 4) is 0 Å². The van der Waals surface area contributed by atoms with Crippen molar-refractivity contribution in [1.82, 2.24) is 5.33 Å². The fourth-order valence-electron chi connectivity index (χ4n) is 0.0757. The molecule has 4 nitrogen and oxygen atoms in total. The molecule has 0 bridgehead atoms. The van der Waals surface area contributed by atoms with Gasteiger partial charge in [0.1, 0.15) is 0 Å². The van der Waals surface area contributed by atoms with E-state index in [-0.39, 0.29) is 0 Å². The molecule has 1 aromatic rings. The Balaban J connectivity index is 3.29. The maximum absolute atomic E-state index is 9.39. The van der Waals surface area contributed by atoms with Crippen molar-refractivity contribution in [3.63, 3.8) is 0 Å². The van der Waals surface area contributed by atoms with Gasteiger partial charge in [0.25, 0.3) is 0 Å². The lowest BCUT2D eigenvalue weighted by Crippen LogP contribution is -2.01. The zero-order valence-electron chi connectivity index (χ0n) is 2.22. The third kappa shape index (κ3) is 0.137. The Morgan fingerprint density at radius 1 is 1.60 bits per heavy atom.